The maximum Gasteiger partial charge on any atom is 0.254 e. The summed E-state index contributed by atoms with van der Waals surface area (Å²) >= 11 is 0. The Hall–Kier alpha value is -1.39. The summed E-state index contributed by atoms with van der Waals surface area (Å²) in [7, 11) is 3.18. The summed E-state index contributed by atoms with van der Waals surface area (Å²) in [5.41, 5.74) is 0.279. The molecule has 0 atom stereocenters. The zero-order valence-corrected chi connectivity index (χ0v) is 12.2. The fourth-order valence-electron chi connectivity index (χ4n) is 1.73. The number of benzene rings is 1. The van der Waals surface area contributed by atoms with Crippen LogP contribution in [0, 0.1) is 0 Å². The third kappa shape index (κ3) is 4.65. The molecule has 19 heavy (non-hydrogen) atoms. The molecule has 1 rings (SSSR count). The van der Waals surface area contributed by atoms with Crippen molar-refractivity contribution in [3.05, 3.63) is 35.9 Å². The number of rotatable bonds is 7. The number of methoxy groups -OCH3 is 2. The average Bonchev–Trinajstić information content (AvgIpc) is 2.43. The van der Waals surface area contributed by atoms with Crippen molar-refractivity contribution in [3.63, 3.8) is 0 Å². The molecular weight excluding hydrogens is 242 g/mol. The minimum atomic E-state index is -0.817. The van der Waals surface area contributed by atoms with E-state index < -0.39 is 5.60 Å². The topological polar surface area (TPSA) is 38.8 Å². The van der Waals surface area contributed by atoms with Gasteiger partial charge in [0.15, 0.2) is 0 Å². The molecule has 0 N–H and O–H groups in total. The van der Waals surface area contributed by atoms with Crippen LogP contribution >= 0.6 is 0 Å². The summed E-state index contributed by atoms with van der Waals surface area (Å²) in [5, 5.41) is 0. The van der Waals surface area contributed by atoms with Crippen molar-refractivity contribution in [1.82, 2.24) is 4.90 Å². The molecule has 106 valence electrons. The van der Waals surface area contributed by atoms with Gasteiger partial charge in [-0.25, -0.2) is 0 Å². The molecule has 0 aliphatic carbocycles. The monoisotopic (exact) mass is 265 g/mol. The molecule has 0 aliphatic heterocycles. The lowest BCUT2D eigenvalue weighted by Gasteiger charge is -2.31. The zero-order chi connectivity index (χ0) is 14.3. The van der Waals surface area contributed by atoms with E-state index in [9.17, 15) is 4.79 Å². The Kier molecular flexibility index (Phi) is 5.99. The van der Waals surface area contributed by atoms with Gasteiger partial charge in [-0.15, -0.1) is 0 Å². The quantitative estimate of drug-likeness (QED) is 0.757. The zero-order valence-electron chi connectivity index (χ0n) is 12.2. The molecule has 0 radical (unpaired) electrons. The maximum absolute atomic E-state index is 12.5. The number of carbonyl (C=O) groups excluding carboxylic acids is 1. The molecule has 0 unspecified atom stereocenters. The van der Waals surface area contributed by atoms with E-state index in [4.69, 9.17) is 9.47 Å². The van der Waals surface area contributed by atoms with Gasteiger partial charge in [-0.3, -0.25) is 4.79 Å². The number of ether oxygens (including phenoxy) is 2. The van der Waals surface area contributed by atoms with Crippen molar-refractivity contribution < 1.29 is 14.3 Å². The molecular formula is C15H23NO3. The number of hydrogen-bond acceptors (Lipinski definition) is 3. The maximum atomic E-state index is 12.5. The molecule has 0 aliphatic rings. The van der Waals surface area contributed by atoms with E-state index in [1.807, 2.05) is 30.3 Å². The Morgan fingerprint density at radius 2 is 1.84 bits per heavy atom. The highest BCUT2D eigenvalue weighted by atomic mass is 16.5. The first-order chi connectivity index (χ1) is 9.01. The van der Waals surface area contributed by atoms with Gasteiger partial charge in [0.25, 0.3) is 5.91 Å². The first-order valence-corrected chi connectivity index (χ1v) is 6.38. The van der Waals surface area contributed by atoms with Gasteiger partial charge in [-0.1, -0.05) is 30.3 Å². The summed E-state index contributed by atoms with van der Waals surface area (Å²) in [5.74, 6) is -0.0316. The molecule has 0 heterocycles. The largest absolute Gasteiger partial charge is 0.383 e. The summed E-state index contributed by atoms with van der Waals surface area (Å²) in [4.78, 5) is 14.2. The van der Waals surface area contributed by atoms with Crippen LogP contribution in [0.3, 0.4) is 0 Å². The van der Waals surface area contributed by atoms with Crippen molar-refractivity contribution in [2.45, 2.75) is 26.0 Å². The highest BCUT2D eigenvalue weighted by Crippen LogP contribution is 2.15. The fourth-order valence-corrected chi connectivity index (χ4v) is 1.73. The summed E-state index contributed by atoms with van der Waals surface area (Å²) in [6, 6.07) is 9.91. The molecule has 4 nitrogen and oxygen atoms in total. The Labute approximate surface area is 115 Å². The number of amides is 1. The molecule has 1 aromatic carbocycles. The van der Waals surface area contributed by atoms with Gasteiger partial charge in [0.1, 0.15) is 5.60 Å². The van der Waals surface area contributed by atoms with E-state index in [0.29, 0.717) is 19.7 Å². The first kappa shape index (κ1) is 15.7. The van der Waals surface area contributed by atoms with Gasteiger partial charge in [-0.05, 0) is 19.4 Å². The second kappa shape index (κ2) is 7.26. The highest BCUT2D eigenvalue weighted by molar-refractivity contribution is 5.84. The minimum Gasteiger partial charge on any atom is -0.383 e. The van der Waals surface area contributed by atoms with Crippen LogP contribution in [-0.2, 0) is 20.8 Å². The Balaban J connectivity index is 2.80. The van der Waals surface area contributed by atoms with E-state index in [1.54, 1.807) is 33.0 Å². The first-order valence-electron chi connectivity index (χ1n) is 6.38. The number of carbonyl (C=O) groups is 1. The van der Waals surface area contributed by atoms with Crippen LogP contribution in [0.15, 0.2) is 30.3 Å². The molecule has 1 amide bonds. The van der Waals surface area contributed by atoms with Gasteiger partial charge in [0, 0.05) is 27.3 Å². The van der Waals surface area contributed by atoms with Crippen molar-refractivity contribution in [3.8, 4) is 0 Å². The van der Waals surface area contributed by atoms with E-state index in [0.717, 1.165) is 5.56 Å². The molecule has 0 saturated carbocycles. The normalized spacial score (nSPS) is 11.4. The van der Waals surface area contributed by atoms with Crippen molar-refractivity contribution in [2.24, 2.45) is 0 Å². The second-order valence-corrected chi connectivity index (χ2v) is 4.92. The molecule has 4 heteroatoms. The van der Waals surface area contributed by atoms with Gasteiger partial charge in [0.05, 0.1) is 6.61 Å². The third-order valence-corrected chi connectivity index (χ3v) is 3.09. The summed E-state index contributed by atoms with van der Waals surface area (Å²) in [6.07, 6.45) is 0. The summed E-state index contributed by atoms with van der Waals surface area (Å²) < 4.78 is 10.3. The molecule has 0 spiro atoms. The standard InChI is InChI=1S/C15H23NO3/c1-15(2,19-4)14(17)16(10-11-18-3)12-13-8-6-5-7-9-13/h5-9H,10-12H2,1-4H3. The van der Waals surface area contributed by atoms with Crippen molar-refractivity contribution >= 4 is 5.91 Å². The predicted molar refractivity (Wildman–Crippen MR) is 74.8 cm³/mol. The van der Waals surface area contributed by atoms with E-state index in [1.165, 1.54) is 0 Å². The lowest BCUT2D eigenvalue weighted by molar-refractivity contribution is -0.152. The average molecular weight is 265 g/mol. The Morgan fingerprint density at radius 3 is 2.37 bits per heavy atom. The number of hydrogen-bond donors (Lipinski definition) is 0. The van der Waals surface area contributed by atoms with Gasteiger partial charge in [-0.2, -0.15) is 0 Å². The summed E-state index contributed by atoms with van der Waals surface area (Å²) in [6.45, 7) is 5.19. The molecule has 0 aromatic heterocycles. The van der Waals surface area contributed by atoms with Crippen LogP contribution in [-0.4, -0.2) is 43.8 Å². The Bertz CT molecular complexity index is 390. The SMILES string of the molecule is COCCN(Cc1ccccc1)C(=O)C(C)(C)OC. The Morgan fingerprint density at radius 1 is 1.21 bits per heavy atom. The smallest absolute Gasteiger partial charge is 0.254 e. The van der Waals surface area contributed by atoms with Crippen LogP contribution in [0.2, 0.25) is 0 Å². The lowest BCUT2D eigenvalue weighted by Crippen LogP contribution is -2.47. The van der Waals surface area contributed by atoms with Crippen molar-refractivity contribution in [1.29, 1.82) is 0 Å². The number of nitrogens with zero attached hydrogens (tertiary/aromatic N) is 1. The molecule has 0 bridgehead atoms. The van der Waals surface area contributed by atoms with Crippen LogP contribution in [0.5, 0.6) is 0 Å². The fraction of sp³-hybridized carbons (Fsp3) is 0.533. The van der Waals surface area contributed by atoms with Gasteiger partial charge in [0.2, 0.25) is 0 Å². The van der Waals surface area contributed by atoms with Crippen LogP contribution in [0.25, 0.3) is 0 Å². The molecule has 0 fully saturated rings. The van der Waals surface area contributed by atoms with Crippen LogP contribution < -0.4 is 0 Å². The van der Waals surface area contributed by atoms with Crippen LogP contribution in [0.1, 0.15) is 19.4 Å². The highest BCUT2D eigenvalue weighted by Gasteiger charge is 2.31. The molecule has 1 aromatic rings. The van der Waals surface area contributed by atoms with Crippen LogP contribution in [0.4, 0.5) is 0 Å². The minimum absolute atomic E-state index is 0.0316. The van der Waals surface area contributed by atoms with E-state index >= 15 is 0 Å². The van der Waals surface area contributed by atoms with E-state index in [-0.39, 0.29) is 5.91 Å². The molecule has 0 saturated heterocycles. The van der Waals surface area contributed by atoms with Gasteiger partial charge < -0.3 is 14.4 Å². The van der Waals surface area contributed by atoms with Crippen molar-refractivity contribution in [2.75, 3.05) is 27.4 Å². The van der Waals surface area contributed by atoms with Gasteiger partial charge >= 0.3 is 0 Å². The van der Waals surface area contributed by atoms with E-state index in [2.05, 4.69) is 0 Å². The second-order valence-electron chi connectivity index (χ2n) is 4.92. The third-order valence-electron chi connectivity index (χ3n) is 3.09. The predicted octanol–water partition coefficient (Wildman–Crippen LogP) is 2.09. The lowest BCUT2D eigenvalue weighted by atomic mass is 10.1.